The van der Waals surface area contributed by atoms with E-state index in [1.165, 1.54) is 0 Å². The van der Waals surface area contributed by atoms with E-state index < -0.39 is 5.60 Å². The van der Waals surface area contributed by atoms with E-state index in [0.29, 0.717) is 19.3 Å². The molecule has 0 aromatic carbocycles. The van der Waals surface area contributed by atoms with Crippen molar-refractivity contribution >= 4 is 11.8 Å². The number of hydrogen-bond donors (Lipinski definition) is 1. The lowest BCUT2D eigenvalue weighted by Gasteiger charge is -2.37. The fourth-order valence-corrected chi connectivity index (χ4v) is 4.75. The number of ketones is 1. The molecule has 2 aliphatic carbocycles. The SMILES string of the molecule is CC(C)=CC(=O)C=C(C)C1CC23CC(=O)OC2CCC1(O)C3. The van der Waals surface area contributed by atoms with Crippen LogP contribution >= 0.6 is 0 Å². The van der Waals surface area contributed by atoms with Gasteiger partial charge in [0.2, 0.25) is 0 Å². The van der Waals surface area contributed by atoms with Crippen molar-refractivity contribution in [3.05, 3.63) is 23.3 Å². The highest BCUT2D eigenvalue weighted by atomic mass is 16.6. The van der Waals surface area contributed by atoms with Crippen LogP contribution in [0, 0.1) is 11.3 Å². The summed E-state index contributed by atoms with van der Waals surface area (Å²) in [6.45, 7) is 5.70. The Balaban J connectivity index is 1.87. The molecule has 0 radical (unpaired) electrons. The number of rotatable bonds is 3. The lowest BCUT2D eigenvalue weighted by atomic mass is 9.71. The van der Waals surface area contributed by atoms with Gasteiger partial charge in [-0.1, -0.05) is 11.1 Å². The molecule has 1 N–H and O–H groups in total. The van der Waals surface area contributed by atoms with Crippen LogP contribution in [0.4, 0.5) is 0 Å². The average Bonchev–Trinajstić information content (AvgIpc) is 2.81. The molecule has 120 valence electrons. The summed E-state index contributed by atoms with van der Waals surface area (Å²) in [4.78, 5) is 23.7. The van der Waals surface area contributed by atoms with E-state index in [4.69, 9.17) is 4.74 Å². The predicted octanol–water partition coefficient (Wildman–Crippen LogP) is 2.70. The van der Waals surface area contributed by atoms with Gasteiger partial charge in [-0.05, 0) is 58.6 Å². The van der Waals surface area contributed by atoms with Crippen molar-refractivity contribution in [1.29, 1.82) is 0 Å². The summed E-state index contributed by atoms with van der Waals surface area (Å²) in [5.74, 6) is -0.228. The Morgan fingerprint density at radius 2 is 2.05 bits per heavy atom. The summed E-state index contributed by atoms with van der Waals surface area (Å²) in [7, 11) is 0. The Labute approximate surface area is 131 Å². The Bertz CT molecular complexity index is 584. The van der Waals surface area contributed by atoms with Crippen LogP contribution in [0.3, 0.4) is 0 Å². The predicted molar refractivity (Wildman–Crippen MR) is 82.0 cm³/mol. The first-order valence-corrected chi connectivity index (χ1v) is 8.03. The maximum Gasteiger partial charge on any atom is 0.306 e. The van der Waals surface area contributed by atoms with E-state index in [0.717, 1.165) is 24.0 Å². The molecule has 0 amide bonds. The molecule has 4 nitrogen and oxygen atoms in total. The Kier molecular flexibility index (Phi) is 3.55. The molecule has 4 atom stereocenters. The maximum atomic E-state index is 12.0. The smallest absolute Gasteiger partial charge is 0.306 e. The fraction of sp³-hybridized carbons (Fsp3) is 0.667. The Morgan fingerprint density at radius 3 is 2.73 bits per heavy atom. The minimum Gasteiger partial charge on any atom is -0.462 e. The summed E-state index contributed by atoms with van der Waals surface area (Å²) in [5, 5.41) is 11.0. The lowest BCUT2D eigenvalue weighted by Crippen LogP contribution is -2.41. The van der Waals surface area contributed by atoms with E-state index in [2.05, 4.69) is 0 Å². The van der Waals surface area contributed by atoms with Crippen molar-refractivity contribution < 1.29 is 19.4 Å². The molecule has 3 rings (SSSR count). The zero-order valence-corrected chi connectivity index (χ0v) is 13.5. The van der Waals surface area contributed by atoms with Crippen LogP contribution in [0.15, 0.2) is 23.3 Å². The van der Waals surface area contributed by atoms with Gasteiger partial charge in [0.05, 0.1) is 12.0 Å². The standard InChI is InChI=1S/C18H24O4/c1-11(2)6-13(19)7-12(3)14-8-17-9-16(20)22-15(17)4-5-18(14,21)10-17/h6-7,14-15,21H,4-5,8-10H2,1-3H3. The second-order valence-corrected chi connectivity index (χ2v) is 7.61. The number of esters is 1. The van der Waals surface area contributed by atoms with Crippen molar-refractivity contribution in [3.8, 4) is 0 Å². The molecule has 3 fully saturated rings. The normalized spacial score (nSPS) is 40.2. The van der Waals surface area contributed by atoms with E-state index in [-0.39, 0.29) is 29.2 Å². The monoisotopic (exact) mass is 304 g/mol. The van der Waals surface area contributed by atoms with E-state index in [9.17, 15) is 14.7 Å². The first kappa shape index (κ1) is 15.5. The topological polar surface area (TPSA) is 63.6 Å². The van der Waals surface area contributed by atoms with Gasteiger partial charge in [0, 0.05) is 11.3 Å². The van der Waals surface area contributed by atoms with E-state index >= 15 is 0 Å². The van der Waals surface area contributed by atoms with Crippen LogP contribution in [0.5, 0.6) is 0 Å². The summed E-state index contributed by atoms with van der Waals surface area (Å²) in [6, 6.07) is 0. The van der Waals surface area contributed by atoms with Gasteiger partial charge in [-0.15, -0.1) is 0 Å². The summed E-state index contributed by atoms with van der Waals surface area (Å²) < 4.78 is 5.45. The number of aliphatic hydroxyl groups is 1. The number of allylic oxidation sites excluding steroid dienone is 3. The fourth-order valence-electron chi connectivity index (χ4n) is 4.75. The van der Waals surface area contributed by atoms with Crippen LogP contribution in [0.2, 0.25) is 0 Å². The average molecular weight is 304 g/mol. The van der Waals surface area contributed by atoms with Crippen molar-refractivity contribution in [2.75, 3.05) is 0 Å². The summed E-state index contributed by atoms with van der Waals surface area (Å²) in [5.41, 5.74) is 0.868. The zero-order chi connectivity index (χ0) is 16.1. The highest BCUT2D eigenvalue weighted by Crippen LogP contribution is 2.62. The molecule has 1 spiro atoms. The second-order valence-electron chi connectivity index (χ2n) is 7.61. The third-order valence-electron chi connectivity index (χ3n) is 5.56. The molecule has 4 heteroatoms. The molecule has 0 aromatic rings. The highest BCUT2D eigenvalue weighted by Gasteiger charge is 2.64. The molecule has 0 aromatic heterocycles. The van der Waals surface area contributed by atoms with Crippen LogP contribution in [0.25, 0.3) is 0 Å². The van der Waals surface area contributed by atoms with Crippen LogP contribution < -0.4 is 0 Å². The third-order valence-corrected chi connectivity index (χ3v) is 5.56. The van der Waals surface area contributed by atoms with E-state index in [1.54, 1.807) is 12.2 Å². The quantitative estimate of drug-likeness (QED) is 0.643. The minimum absolute atomic E-state index is 0.0321. The third kappa shape index (κ3) is 2.43. The molecule has 1 aliphatic heterocycles. The minimum atomic E-state index is -0.795. The van der Waals surface area contributed by atoms with Crippen molar-refractivity contribution in [1.82, 2.24) is 0 Å². The number of fused-ring (bicyclic) bond motifs is 1. The summed E-state index contributed by atoms with van der Waals surface area (Å²) in [6.07, 6.45) is 6.33. The van der Waals surface area contributed by atoms with Gasteiger partial charge in [0.15, 0.2) is 5.78 Å². The molecule has 22 heavy (non-hydrogen) atoms. The molecule has 4 unspecified atom stereocenters. The van der Waals surface area contributed by atoms with E-state index in [1.807, 2.05) is 20.8 Å². The maximum absolute atomic E-state index is 12.0. The van der Waals surface area contributed by atoms with Gasteiger partial charge in [-0.2, -0.15) is 0 Å². The molecule has 1 heterocycles. The first-order chi connectivity index (χ1) is 10.2. The number of hydrogen-bond acceptors (Lipinski definition) is 4. The van der Waals surface area contributed by atoms with Gasteiger partial charge in [-0.25, -0.2) is 0 Å². The lowest BCUT2D eigenvalue weighted by molar-refractivity contribution is -0.143. The summed E-state index contributed by atoms with van der Waals surface area (Å²) >= 11 is 0. The highest BCUT2D eigenvalue weighted by molar-refractivity contribution is 6.00. The van der Waals surface area contributed by atoms with Crippen LogP contribution in [0.1, 0.15) is 52.9 Å². The molecule has 3 aliphatic rings. The van der Waals surface area contributed by atoms with Crippen molar-refractivity contribution in [2.45, 2.75) is 64.6 Å². The number of carbonyl (C=O) groups is 2. The molecule has 1 saturated heterocycles. The molecular weight excluding hydrogens is 280 g/mol. The zero-order valence-electron chi connectivity index (χ0n) is 13.5. The molecular formula is C18H24O4. The largest absolute Gasteiger partial charge is 0.462 e. The van der Waals surface area contributed by atoms with Crippen molar-refractivity contribution in [2.24, 2.45) is 11.3 Å². The van der Waals surface area contributed by atoms with Gasteiger partial charge >= 0.3 is 5.97 Å². The van der Waals surface area contributed by atoms with Gasteiger partial charge < -0.3 is 9.84 Å². The number of carbonyl (C=O) groups excluding carboxylic acids is 2. The van der Waals surface area contributed by atoms with Crippen molar-refractivity contribution in [3.63, 3.8) is 0 Å². The second kappa shape index (κ2) is 5.05. The first-order valence-electron chi connectivity index (χ1n) is 8.03. The molecule has 2 bridgehead atoms. The Morgan fingerprint density at radius 1 is 1.32 bits per heavy atom. The van der Waals surface area contributed by atoms with Crippen LogP contribution in [-0.4, -0.2) is 28.6 Å². The van der Waals surface area contributed by atoms with Gasteiger partial charge in [0.25, 0.3) is 0 Å². The Hall–Kier alpha value is -1.42. The van der Waals surface area contributed by atoms with Gasteiger partial charge in [-0.3, -0.25) is 9.59 Å². The molecule has 2 saturated carbocycles. The van der Waals surface area contributed by atoms with Gasteiger partial charge in [0.1, 0.15) is 6.10 Å². The van der Waals surface area contributed by atoms with Crippen LogP contribution in [-0.2, 0) is 14.3 Å². The number of ether oxygens (including phenoxy) is 1.